The smallest absolute Gasteiger partial charge is 0.308 e. The summed E-state index contributed by atoms with van der Waals surface area (Å²) in [6.07, 6.45) is 0. The van der Waals surface area contributed by atoms with E-state index in [1.165, 1.54) is 13.0 Å². The molecule has 0 radical (unpaired) electrons. The molecule has 0 saturated carbocycles. The minimum absolute atomic E-state index is 0.0785. The number of carbonyl (C=O) groups is 2. The van der Waals surface area contributed by atoms with Crippen molar-refractivity contribution in [2.45, 2.75) is 26.8 Å². The van der Waals surface area contributed by atoms with Gasteiger partial charge in [0.1, 0.15) is 5.75 Å². The molecule has 0 aliphatic carbocycles. The fourth-order valence-corrected chi connectivity index (χ4v) is 1.47. The molecule has 1 aromatic rings. The molecule has 5 nitrogen and oxygen atoms in total. The van der Waals surface area contributed by atoms with E-state index in [-0.39, 0.29) is 11.3 Å². The van der Waals surface area contributed by atoms with Crippen LogP contribution in [0.15, 0.2) is 18.2 Å². The lowest BCUT2D eigenvalue weighted by Gasteiger charge is -2.18. The number of para-hydroxylation sites is 1. The Kier molecular flexibility index (Phi) is 4.31. The average Bonchev–Trinajstić information content (AvgIpc) is 2.31. The van der Waals surface area contributed by atoms with Crippen LogP contribution in [0.3, 0.4) is 0 Å². The predicted molar refractivity (Wildman–Crippen MR) is 66.6 cm³/mol. The fraction of sp³-hybridized carbons (Fsp3) is 0.385. The number of phenols is 1. The molecule has 1 aromatic carbocycles. The van der Waals surface area contributed by atoms with Crippen LogP contribution in [-0.2, 0) is 4.79 Å². The van der Waals surface area contributed by atoms with Crippen LogP contribution >= 0.6 is 0 Å². The molecule has 1 amide bonds. The highest BCUT2D eigenvalue weighted by atomic mass is 16.4. The normalized spacial score (nSPS) is 13.7. The summed E-state index contributed by atoms with van der Waals surface area (Å²) in [4.78, 5) is 22.7. The number of phenolic OH excluding ortho intramolecular Hbond substituents is 1. The van der Waals surface area contributed by atoms with Gasteiger partial charge in [-0.2, -0.15) is 0 Å². The standard InChI is InChI=1S/C13H17NO4/c1-7-5-4-6-10(11(7)15)12(16)14-9(3)8(2)13(17)18/h4-6,8-9,15H,1-3H3,(H,14,16)(H,17,18). The van der Waals surface area contributed by atoms with E-state index in [4.69, 9.17) is 5.11 Å². The second-order valence-electron chi connectivity index (χ2n) is 4.36. The molecule has 0 saturated heterocycles. The molecule has 0 fully saturated rings. The van der Waals surface area contributed by atoms with Crippen molar-refractivity contribution in [3.8, 4) is 5.75 Å². The number of aryl methyl sites for hydroxylation is 1. The van der Waals surface area contributed by atoms with Crippen LogP contribution in [0.1, 0.15) is 29.8 Å². The first kappa shape index (κ1) is 14.0. The summed E-state index contributed by atoms with van der Waals surface area (Å²) in [5.41, 5.74) is 0.751. The van der Waals surface area contributed by atoms with E-state index >= 15 is 0 Å². The summed E-state index contributed by atoms with van der Waals surface area (Å²) in [7, 11) is 0. The third kappa shape index (κ3) is 3.00. The molecule has 0 aliphatic rings. The third-order valence-electron chi connectivity index (χ3n) is 2.98. The first-order valence-corrected chi connectivity index (χ1v) is 5.66. The second-order valence-corrected chi connectivity index (χ2v) is 4.36. The van der Waals surface area contributed by atoms with Gasteiger partial charge in [-0.15, -0.1) is 0 Å². The number of hydrogen-bond acceptors (Lipinski definition) is 3. The largest absolute Gasteiger partial charge is 0.507 e. The van der Waals surface area contributed by atoms with E-state index in [9.17, 15) is 14.7 Å². The van der Waals surface area contributed by atoms with Crippen molar-refractivity contribution in [2.75, 3.05) is 0 Å². The quantitative estimate of drug-likeness (QED) is 0.757. The first-order chi connectivity index (χ1) is 8.34. The topological polar surface area (TPSA) is 86.6 Å². The minimum atomic E-state index is -0.976. The molecule has 5 heteroatoms. The monoisotopic (exact) mass is 251 g/mol. The van der Waals surface area contributed by atoms with Crippen molar-refractivity contribution in [2.24, 2.45) is 5.92 Å². The number of aliphatic carboxylic acids is 1. The molecule has 2 unspecified atom stereocenters. The number of hydrogen-bond donors (Lipinski definition) is 3. The fourth-order valence-electron chi connectivity index (χ4n) is 1.47. The number of rotatable bonds is 4. The third-order valence-corrected chi connectivity index (χ3v) is 2.98. The lowest BCUT2D eigenvalue weighted by Crippen LogP contribution is -2.40. The van der Waals surface area contributed by atoms with Crippen LogP contribution in [0.2, 0.25) is 0 Å². The van der Waals surface area contributed by atoms with Gasteiger partial charge in [-0.25, -0.2) is 0 Å². The highest BCUT2D eigenvalue weighted by molar-refractivity contribution is 5.97. The Morgan fingerprint density at radius 3 is 2.44 bits per heavy atom. The molecule has 98 valence electrons. The van der Waals surface area contributed by atoms with Crippen molar-refractivity contribution in [3.63, 3.8) is 0 Å². The van der Waals surface area contributed by atoms with E-state index in [0.29, 0.717) is 5.56 Å². The zero-order chi connectivity index (χ0) is 13.9. The molecule has 0 spiro atoms. The minimum Gasteiger partial charge on any atom is -0.507 e. The molecule has 18 heavy (non-hydrogen) atoms. The van der Waals surface area contributed by atoms with E-state index in [0.717, 1.165) is 0 Å². The van der Waals surface area contributed by atoms with Gasteiger partial charge in [0, 0.05) is 6.04 Å². The van der Waals surface area contributed by atoms with Crippen molar-refractivity contribution >= 4 is 11.9 Å². The summed E-state index contributed by atoms with van der Waals surface area (Å²) in [6, 6.07) is 4.33. The van der Waals surface area contributed by atoms with E-state index < -0.39 is 23.8 Å². The lowest BCUT2D eigenvalue weighted by atomic mass is 10.0. The molecule has 2 atom stereocenters. The number of nitrogens with one attached hydrogen (secondary N) is 1. The maximum absolute atomic E-state index is 11.9. The number of carboxylic acids is 1. The van der Waals surface area contributed by atoms with Gasteiger partial charge >= 0.3 is 5.97 Å². The van der Waals surface area contributed by atoms with Crippen molar-refractivity contribution in [3.05, 3.63) is 29.3 Å². The number of carboxylic acid groups (broad SMARTS) is 1. The number of amides is 1. The van der Waals surface area contributed by atoms with Crippen LogP contribution < -0.4 is 5.32 Å². The summed E-state index contributed by atoms with van der Waals surface area (Å²) in [6.45, 7) is 4.82. The molecule has 0 aliphatic heterocycles. The van der Waals surface area contributed by atoms with Gasteiger partial charge in [0.05, 0.1) is 11.5 Å². The zero-order valence-corrected chi connectivity index (χ0v) is 10.6. The number of benzene rings is 1. The van der Waals surface area contributed by atoms with E-state index in [1.54, 1.807) is 26.0 Å². The van der Waals surface area contributed by atoms with Gasteiger partial charge in [-0.3, -0.25) is 9.59 Å². The molecule has 3 N–H and O–H groups in total. The Morgan fingerprint density at radius 1 is 1.28 bits per heavy atom. The molecule has 0 bridgehead atoms. The number of carbonyl (C=O) groups excluding carboxylic acids is 1. The summed E-state index contributed by atoms with van der Waals surface area (Å²) in [5.74, 6) is -2.22. The predicted octanol–water partition coefficient (Wildman–Crippen LogP) is 1.54. The van der Waals surface area contributed by atoms with Crippen LogP contribution in [0.4, 0.5) is 0 Å². The van der Waals surface area contributed by atoms with Crippen molar-refractivity contribution in [1.29, 1.82) is 0 Å². The Balaban J connectivity index is 2.83. The molecular formula is C13H17NO4. The van der Waals surface area contributed by atoms with Gasteiger partial charge in [-0.05, 0) is 32.4 Å². The van der Waals surface area contributed by atoms with Crippen LogP contribution in [0, 0.1) is 12.8 Å². The van der Waals surface area contributed by atoms with E-state index in [1.807, 2.05) is 0 Å². The van der Waals surface area contributed by atoms with Crippen LogP contribution in [0.5, 0.6) is 5.75 Å². The molecular weight excluding hydrogens is 234 g/mol. The zero-order valence-electron chi connectivity index (χ0n) is 10.6. The summed E-state index contributed by atoms with van der Waals surface area (Å²) >= 11 is 0. The van der Waals surface area contributed by atoms with Gasteiger partial charge in [0.2, 0.25) is 0 Å². The van der Waals surface area contributed by atoms with Crippen LogP contribution in [0.25, 0.3) is 0 Å². The Bertz CT molecular complexity index is 470. The highest BCUT2D eigenvalue weighted by Gasteiger charge is 2.22. The summed E-state index contributed by atoms with van der Waals surface area (Å²) in [5, 5.41) is 21.2. The number of aromatic hydroxyl groups is 1. The SMILES string of the molecule is Cc1cccc(C(=O)NC(C)C(C)C(=O)O)c1O. The maximum atomic E-state index is 11.9. The first-order valence-electron chi connectivity index (χ1n) is 5.66. The van der Waals surface area contributed by atoms with Gasteiger partial charge < -0.3 is 15.5 Å². The second kappa shape index (κ2) is 5.53. The molecule has 0 heterocycles. The van der Waals surface area contributed by atoms with Crippen LogP contribution in [-0.4, -0.2) is 28.1 Å². The van der Waals surface area contributed by atoms with Gasteiger partial charge in [0.15, 0.2) is 0 Å². The van der Waals surface area contributed by atoms with Gasteiger partial charge in [0.25, 0.3) is 5.91 Å². The molecule has 0 aromatic heterocycles. The van der Waals surface area contributed by atoms with Crippen molar-refractivity contribution < 1.29 is 19.8 Å². The Morgan fingerprint density at radius 2 is 1.89 bits per heavy atom. The lowest BCUT2D eigenvalue weighted by molar-refractivity contribution is -0.141. The Hall–Kier alpha value is -2.04. The Labute approximate surface area is 105 Å². The van der Waals surface area contributed by atoms with Crippen molar-refractivity contribution in [1.82, 2.24) is 5.32 Å². The highest BCUT2D eigenvalue weighted by Crippen LogP contribution is 2.21. The maximum Gasteiger partial charge on any atom is 0.308 e. The average molecular weight is 251 g/mol. The summed E-state index contributed by atoms with van der Waals surface area (Å²) < 4.78 is 0. The molecule has 1 rings (SSSR count). The van der Waals surface area contributed by atoms with Gasteiger partial charge in [-0.1, -0.05) is 12.1 Å². The van der Waals surface area contributed by atoms with E-state index in [2.05, 4.69) is 5.32 Å².